The van der Waals surface area contributed by atoms with Gasteiger partial charge in [0, 0.05) is 11.5 Å². The molecule has 254 valence electrons. The average Bonchev–Trinajstić information content (AvgIpc) is 2.97. The molecule has 0 bridgehead atoms. The Morgan fingerprint density at radius 2 is 1.69 bits per heavy atom. The van der Waals surface area contributed by atoms with E-state index < -0.39 is 67.7 Å². The first-order valence-electron chi connectivity index (χ1n) is 15.3. The number of hydrogen-bond acceptors (Lipinski definition) is 12. The molecule has 8 N–H and O–H groups in total. The molecule has 13 heteroatoms. The number of rotatable bonds is 14. The molecule has 2 aliphatic heterocycles. The molecular weight excluding hydrogens is 592 g/mol. The summed E-state index contributed by atoms with van der Waals surface area (Å²) in [5, 5.41) is 81.5. The standard InChI is InChI=1S/C32H48O13/c1-5-7-18-12-22(44-32-21(13-33)25(35)27(37)31(41)45-32)20(11-10-17(4)9-6-8-16(2)3)28(23(18)29(38)39)42-14-19-15-43-30(40)26(36)24(19)34/h8,10,12,19,21,24-27,30-37,40-41H,5-7,9,11,13-15H2,1-4H3,(H,38,39)/b17-10+/t19-,21+,24+,25+,26-,27-,30-,31-,32?/m0/s1. The summed E-state index contributed by atoms with van der Waals surface area (Å²) in [6.45, 7) is 6.72. The molecule has 0 aliphatic carbocycles. The number of carboxylic acid groups (broad SMARTS) is 1. The van der Waals surface area contributed by atoms with E-state index in [0.29, 0.717) is 18.4 Å². The summed E-state index contributed by atoms with van der Waals surface area (Å²) in [6, 6.07) is 1.53. The van der Waals surface area contributed by atoms with Crippen LogP contribution in [0.2, 0.25) is 0 Å². The first-order valence-corrected chi connectivity index (χ1v) is 15.3. The van der Waals surface area contributed by atoms with Crippen molar-refractivity contribution >= 4 is 5.97 Å². The maximum atomic E-state index is 12.7. The fraction of sp³-hybridized carbons (Fsp3) is 0.656. The molecule has 1 aromatic carbocycles. The van der Waals surface area contributed by atoms with Gasteiger partial charge in [-0.3, -0.25) is 0 Å². The quantitative estimate of drug-likeness (QED) is 0.134. The van der Waals surface area contributed by atoms with Crippen LogP contribution in [0.1, 0.15) is 68.4 Å². The Kier molecular flexibility index (Phi) is 13.8. The summed E-state index contributed by atoms with van der Waals surface area (Å²) < 4.78 is 22.9. The zero-order valence-corrected chi connectivity index (χ0v) is 26.2. The van der Waals surface area contributed by atoms with E-state index in [9.17, 15) is 45.6 Å². The maximum absolute atomic E-state index is 12.7. The SMILES string of the molecule is CCCc1cc(OC2O[C@H](O)[C@@H](O)[C@H](O)[C@H]2CO)c(C/C=C(\C)CCC=C(C)C)c(OC[C@H]2CO[C@H](O)[C@@H](O)[C@@H]2O)c1C(=O)O. The van der Waals surface area contributed by atoms with Crippen molar-refractivity contribution in [2.75, 3.05) is 19.8 Å². The van der Waals surface area contributed by atoms with Gasteiger partial charge in [-0.15, -0.1) is 0 Å². The fourth-order valence-corrected chi connectivity index (χ4v) is 5.39. The van der Waals surface area contributed by atoms with Gasteiger partial charge in [0.2, 0.25) is 6.29 Å². The Morgan fingerprint density at radius 1 is 1.00 bits per heavy atom. The Balaban J connectivity index is 2.12. The first-order chi connectivity index (χ1) is 21.3. The third-order valence-electron chi connectivity index (χ3n) is 8.11. The molecule has 0 spiro atoms. The minimum absolute atomic E-state index is 0.0536. The van der Waals surface area contributed by atoms with E-state index in [2.05, 4.69) is 6.08 Å². The second-order valence-electron chi connectivity index (χ2n) is 12.0. The molecule has 0 radical (unpaired) electrons. The molecule has 0 aromatic heterocycles. The number of aliphatic hydroxyl groups excluding tert-OH is 7. The molecule has 13 nitrogen and oxygen atoms in total. The highest BCUT2D eigenvalue weighted by Crippen LogP contribution is 2.40. The van der Waals surface area contributed by atoms with Crippen molar-refractivity contribution < 1.29 is 64.6 Å². The van der Waals surface area contributed by atoms with Crippen LogP contribution >= 0.6 is 0 Å². The number of aliphatic hydroxyl groups is 7. The number of aromatic carboxylic acids is 1. The van der Waals surface area contributed by atoms with Gasteiger partial charge in [-0.25, -0.2) is 4.79 Å². The molecule has 2 saturated heterocycles. The minimum atomic E-state index is -1.81. The fourth-order valence-electron chi connectivity index (χ4n) is 5.39. The second-order valence-corrected chi connectivity index (χ2v) is 12.0. The van der Waals surface area contributed by atoms with Gasteiger partial charge >= 0.3 is 5.97 Å². The zero-order chi connectivity index (χ0) is 33.4. The Hall–Kier alpha value is -2.59. The van der Waals surface area contributed by atoms with E-state index in [1.807, 2.05) is 33.8 Å². The highest BCUT2D eigenvalue weighted by molar-refractivity contribution is 5.94. The lowest BCUT2D eigenvalue weighted by molar-refractivity contribution is -0.312. The van der Waals surface area contributed by atoms with Crippen LogP contribution in [0.4, 0.5) is 0 Å². The molecule has 2 fully saturated rings. The van der Waals surface area contributed by atoms with E-state index in [-0.39, 0.29) is 42.3 Å². The van der Waals surface area contributed by atoms with Crippen LogP contribution in [0.3, 0.4) is 0 Å². The molecule has 3 rings (SSSR count). The Bertz CT molecular complexity index is 1190. The largest absolute Gasteiger partial charge is 0.492 e. The summed E-state index contributed by atoms with van der Waals surface area (Å²) in [6.07, 6.45) is -4.54. The lowest BCUT2D eigenvalue weighted by Gasteiger charge is -2.40. The van der Waals surface area contributed by atoms with Crippen LogP contribution in [0.15, 0.2) is 29.4 Å². The average molecular weight is 641 g/mol. The van der Waals surface area contributed by atoms with Crippen molar-refractivity contribution in [1.29, 1.82) is 0 Å². The molecule has 1 aromatic rings. The predicted octanol–water partition coefficient (Wildman–Crippen LogP) is 1.02. The molecule has 2 heterocycles. The van der Waals surface area contributed by atoms with Crippen molar-refractivity contribution in [3.63, 3.8) is 0 Å². The van der Waals surface area contributed by atoms with Crippen LogP contribution in [-0.2, 0) is 22.3 Å². The number of ether oxygens (including phenoxy) is 4. The lowest BCUT2D eigenvalue weighted by Crippen LogP contribution is -2.57. The zero-order valence-electron chi connectivity index (χ0n) is 26.2. The van der Waals surface area contributed by atoms with Gasteiger partial charge in [0.25, 0.3) is 0 Å². The van der Waals surface area contributed by atoms with Crippen molar-refractivity contribution in [3.8, 4) is 11.5 Å². The van der Waals surface area contributed by atoms with E-state index >= 15 is 0 Å². The third-order valence-corrected chi connectivity index (χ3v) is 8.11. The predicted molar refractivity (Wildman–Crippen MR) is 161 cm³/mol. The normalized spacial score (nSPS) is 30.6. The maximum Gasteiger partial charge on any atom is 0.339 e. The lowest BCUT2D eigenvalue weighted by atomic mass is 9.93. The van der Waals surface area contributed by atoms with Crippen LogP contribution in [0.5, 0.6) is 11.5 Å². The van der Waals surface area contributed by atoms with Gasteiger partial charge in [0.15, 0.2) is 12.6 Å². The summed E-state index contributed by atoms with van der Waals surface area (Å²) in [5.74, 6) is -3.18. The summed E-state index contributed by atoms with van der Waals surface area (Å²) in [7, 11) is 0. The van der Waals surface area contributed by atoms with Gasteiger partial charge in [-0.1, -0.05) is 36.6 Å². The van der Waals surface area contributed by atoms with Gasteiger partial charge in [-0.2, -0.15) is 0 Å². The molecule has 45 heavy (non-hydrogen) atoms. The van der Waals surface area contributed by atoms with Gasteiger partial charge in [0.05, 0.1) is 37.9 Å². The van der Waals surface area contributed by atoms with Crippen LogP contribution in [0, 0.1) is 11.8 Å². The van der Waals surface area contributed by atoms with Crippen LogP contribution < -0.4 is 9.47 Å². The molecule has 9 atom stereocenters. The highest BCUT2D eigenvalue weighted by atomic mass is 16.7. The number of hydrogen-bond donors (Lipinski definition) is 8. The Morgan fingerprint density at radius 3 is 2.31 bits per heavy atom. The van der Waals surface area contributed by atoms with Crippen LogP contribution in [0.25, 0.3) is 0 Å². The second kappa shape index (κ2) is 16.8. The number of aryl methyl sites for hydroxylation is 1. The number of carboxylic acids is 1. The first kappa shape index (κ1) is 36.9. The summed E-state index contributed by atoms with van der Waals surface area (Å²) >= 11 is 0. The van der Waals surface area contributed by atoms with Crippen LogP contribution in [-0.4, -0.2) is 110 Å². The van der Waals surface area contributed by atoms with Gasteiger partial charge in [0.1, 0.15) is 29.3 Å². The summed E-state index contributed by atoms with van der Waals surface area (Å²) in [5.41, 5.74) is 2.70. The minimum Gasteiger partial charge on any atom is -0.492 e. The topological polar surface area (TPSA) is 216 Å². The number of allylic oxidation sites excluding steroid dienone is 4. The van der Waals surface area contributed by atoms with Gasteiger partial charge < -0.3 is 59.8 Å². The van der Waals surface area contributed by atoms with Crippen molar-refractivity contribution in [2.24, 2.45) is 11.8 Å². The molecule has 1 unspecified atom stereocenters. The monoisotopic (exact) mass is 640 g/mol. The van der Waals surface area contributed by atoms with Crippen molar-refractivity contribution in [1.82, 2.24) is 0 Å². The third kappa shape index (κ3) is 9.24. The smallest absolute Gasteiger partial charge is 0.339 e. The van der Waals surface area contributed by atoms with Gasteiger partial charge in [-0.05, 0) is 58.1 Å². The van der Waals surface area contributed by atoms with E-state index in [1.54, 1.807) is 0 Å². The number of carbonyl (C=O) groups is 1. The molecular formula is C32H48O13. The van der Waals surface area contributed by atoms with E-state index in [4.69, 9.17) is 18.9 Å². The number of benzene rings is 1. The molecule has 2 aliphatic rings. The van der Waals surface area contributed by atoms with Crippen molar-refractivity contribution in [3.05, 3.63) is 46.1 Å². The van der Waals surface area contributed by atoms with E-state index in [1.165, 1.54) is 11.6 Å². The molecule has 0 saturated carbocycles. The Labute approximate surface area is 262 Å². The molecule has 0 amide bonds. The highest BCUT2D eigenvalue weighted by Gasteiger charge is 2.45. The summed E-state index contributed by atoms with van der Waals surface area (Å²) in [4.78, 5) is 12.7. The van der Waals surface area contributed by atoms with E-state index in [0.717, 1.165) is 18.4 Å². The van der Waals surface area contributed by atoms with Crippen molar-refractivity contribution in [2.45, 2.75) is 103 Å².